The third-order valence-electron chi connectivity index (χ3n) is 8.35. The van der Waals surface area contributed by atoms with Crippen LogP contribution in [0.4, 0.5) is 29.1 Å². The second-order valence-electron chi connectivity index (χ2n) is 11.6. The molecular weight excluding hydrogens is 602 g/mol. The molecule has 4 aromatic rings. The average Bonchev–Trinajstić information content (AvgIpc) is 3.44. The maximum Gasteiger partial charge on any atom is 0.419 e. The number of likely N-dealkylation sites (tertiary alicyclic amines) is 1. The molecule has 0 bridgehead atoms. The molecule has 2 aromatic heterocycles. The summed E-state index contributed by atoms with van der Waals surface area (Å²) in [5, 5.41) is 15.2. The van der Waals surface area contributed by atoms with Crippen molar-refractivity contribution in [1.29, 1.82) is 0 Å². The molecule has 4 heterocycles. The van der Waals surface area contributed by atoms with Gasteiger partial charge in [0.05, 0.1) is 23.4 Å². The van der Waals surface area contributed by atoms with Gasteiger partial charge in [0.25, 0.3) is 5.91 Å². The fraction of sp³-hybridized carbons (Fsp3) is 0.333. The number of alkyl halides is 3. The van der Waals surface area contributed by atoms with Crippen LogP contribution in [0.2, 0.25) is 0 Å². The highest BCUT2D eigenvalue weighted by atomic mass is 19.4. The van der Waals surface area contributed by atoms with Gasteiger partial charge in [0.15, 0.2) is 0 Å². The molecule has 2 aromatic carbocycles. The van der Waals surface area contributed by atoms with Gasteiger partial charge in [0.1, 0.15) is 17.7 Å². The zero-order chi connectivity index (χ0) is 32.4. The van der Waals surface area contributed by atoms with Gasteiger partial charge in [-0.25, -0.2) is 9.07 Å². The normalized spacial score (nSPS) is 17.0. The lowest BCUT2D eigenvalue weighted by Crippen LogP contribution is -2.34. The molecule has 1 saturated heterocycles. The Bertz CT molecular complexity index is 1810. The Balaban J connectivity index is 1.27. The Labute approximate surface area is 262 Å². The van der Waals surface area contributed by atoms with Crippen molar-refractivity contribution in [3.05, 3.63) is 94.8 Å². The summed E-state index contributed by atoms with van der Waals surface area (Å²) in [6.07, 6.45) is 2.26. The predicted molar refractivity (Wildman–Crippen MR) is 165 cm³/mol. The molecule has 2 amide bonds. The van der Waals surface area contributed by atoms with E-state index in [9.17, 15) is 27.2 Å². The van der Waals surface area contributed by atoms with Gasteiger partial charge < -0.3 is 20.9 Å². The summed E-state index contributed by atoms with van der Waals surface area (Å²) in [5.41, 5.74) is 0.196. The van der Waals surface area contributed by atoms with Gasteiger partial charge >= 0.3 is 6.18 Å². The van der Waals surface area contributed by atoms with E-state index in [0.29, 0.717) is 41.9 Å². The van der Waals surface area contributed by atoms with Crippen molar-refractivity contribution in [3.63, 3.8) is 0 Å². The lowest BCUT2D eigenvalue weighted by atomic mass is 9.93. The van der Waals surface area contributed by atoms with Crippen molar-refractivity contribution < 1.29 is 27.2 Å². The van der Waals surface area contributed by atoms with Crippen LogP contribution in [0.25, 0.3) is 10.8 Å². The number of carbonyl (C=O) groups excluding carboxylic acids is 2. The van der Waals surface area contributed by atoms with E-state index >= 15 is 0 Å². The van der Waals surface area contributed by atoms with E-state index in [4.69, 9.17) is 0 Å². The van der Waals surface area contributed by atoms with Crippen LogP contribution in [0.1, 0.15) is 55.5 Å². The summed E-state index contributed by atoms with van der Waals surface area (Å²) in [7, 11) is 0. The summed E-state index contributed by atoms with van der Waals surface area (Å²) in [6, 6.07) is 10.3. The first-order valence-corrected chi connectivity index (χ1v) is 15.1. The van der Waals surface area contributed by atoms with E-state index in [1.165, 1.54) is 11.1 Å². The van der Waals surface area contributed by atoms with Gasteiger partial charge in [-0.1, -0.05) is 18.6 Å². The average molecular weight is 636 g/mol. The van der Waals surface area contributed by atoms with Gasteiger partial charge in [-0.3, -0.25) is 14.6 Å². The number of carbonyl (C=O) groups is 2. The number of benzene rings is 2. The van der Waals surface area contributed by atoms with E-state index in [2.05, 4.69) is 30.9 Å². The van der Waals surface area contributed by atoms with E-state index in [1.807, 2.05) is 0 Å². The third kappa shape index (κ3) is 6.74. The van der Waals surface area contributed by atoms with Crippen LogP contribution < -0.4 is 16.0 Å². The van der Waals surface area contributed by atoms with Gasteiger partial charge in [0, 0.05) is 48.2 Å². The minimum atomic E-state index is -4.88. The first kappa shape index (κ1) is 31.2. The number of hydrogen-bond acceptors (Lipinski definition) is 6. The Morgan fingerprint density at radius 2 is 1.83 bits per heavy atom. The van der Waals surface area contributed by atoms with Crippen molar-refractivity contribution in [3.8, 4) is 0 Å². The Morgan fingerprint density at radius 3 is 2.59 bits per heavy atom. The van der Waals surface area contributed by atoms with Gasteiger partial charge in [-0.05, 0) is 74.1 Å². The second-order valence-corrected chi connectivity index (χ2v) is 11.6. The molecule has 1 atom stereocenters. The molecule has 0 spiro atoms. The maximum absolute atomic E-state index is 14.9. The molecule has 2 aliphatic rings. The molecule has 6 rings (SSSR count). The molecule has 1 unspecified atom stereocenters. The number of rotatable bonds is 8. The van der Waals surface area contributed by atoms with Crippen LogP contribution in [0.15, 0.2) is 72.2 Å². The van der Waals surface area contributed by atoms with Crippen LogP contribution in [0.5, 0.6) is 0 Å². The van der Waals surface area contributed by atoms with Crippen molar-refractivity contribution in [1.82, 2.24) is 25.0 Å². The minimum Gasteiger partial charge on any atom is -0.350 e. The monoisotopic (exact) mass is 635 g/mol. The van der Waals surface area contributed by atoms with E-state index < -0.39 is 29.5 Å². The molecule has 2 aliphatic heterocycles. The molecule has 9 nitrogen and oxygen atoms in total. The Kier molecular flexibility index (Phi) is 8.76. The molecule has 3 N–H and O–H groups in total. The number of amides is 2. The Hall–Kier alpha value is -4.78. The summed E-state index contributed by atoms with van der Waals surface area (Å²) < 4.78 is 56.6. The van der Waals surface area contributed by atoms with Gasteiger partial charge in [-0.2, -0.15) is 18.3 Å². The standard InChI is InChI=1S/C33H33F4N7O2/c1-20-30(32(46)41-24-7-5-23-18-38-11-9-21(23)15-24)31(22-6-8-26(27(34)16-22)33(35,36)37)44-28(40-20)17-25(42-44)19-39-29(45)10-14-43-12-3-2-4-13-43/h5-9,11,15-18,31,40H,2-4,10,12-14,19H2,1H3,(H,39,45)(H,41,46). The highest BCUT2D eigenvalue weighted by molar-refractivity contribution is 6.06. The van der Waals surface area contributed by atoms with E-state index in [1.54, 1.807) is 49.6 Å². The smallest absolute Gasteiger partial charge is 0.350 e. The summed E-state index contributed by atoms with van der Waals surface area (Å²) in [6.45, 7) is 4.40. The zero-order valence-electron chi connectivity index (χ0n) is 25.1. The second kappa shape index (κ2) is 12.9. The number of anilines is 2. The number of allylic oxidation sites excluding steroid dienone is 1. The largest absolute Gasteiger partial charge is 0.419 e. The first-order valence-electron chi connectivity index (χ1n) is 15.1. The van der Waals surface area contributed by atoms with Crippen molar-refractivity contribution in [2.24, 2.45) is 0 Å². The number of hydrogen-bond donors (Lipinski definition) is 3. The number of aromatic nitrogens is 3. The highest BCUT2D eigenvalue weighted by Crippen LogP contribution is 2.39. The SMILES string of the molecule is CC1=C(C(=O)Nc2ccc3cnccc3c2)C(c2ccc(C(F)(F)F)c(F)c2)n2nc(CNC(=O)CCN3CCCCC3)cc2N1. The number of fused-ring (bicyclic) bond motifs is 2. The van der Waals surface area contributed by atoms with Crippen molar-refractivity contribution >= 4 is 34.1 Å². The van der Waals surface area contributed by atoms with E-state index in [-0.39, 0.29) is 23.6 Å². The number of nitrogens with zero attached hydrogens (tertiary/aromatic N) is 4. The first-order chi connectivity index (χ1) is 22.1. The van der Waals surface area contributed by atoms with Gasteiger partial charge in [0.2, 0.25) is 5.91 Å². The van der Waals surface area contributed by atoms with E-state index in [0.717, 1.165) is 48.8 Å². The molecule has 240 valence electrons. The van der Waals surface area contributed by atoms with Crippen LogP contribution in [-0.4, -0.2) is 51.1 Å². The number of halogens is 4. The van der Waals surface area contributed by atoms with Crippen molar-refractivity contribution in [2.45, 2.75) is 51.4 Å². The molecular formula is C33H33F4N7O2. The van der Waals surface area contributed by atoms with Crippen LogP contribution in [0, 0.1) is 5.82 Å². The minimum absolute atomic E-state index is 0.0983. The number of nitrogens with one attached hydrogen (secondary N) is 3. The lowest BCUT2D eigenvalue weighted by Gasteiger charge is -2.30. The molecule has 13 heteroatoms. The fourth-order valence-corrected chi connectivity index (χ4v) is 6.02. The van der Waals surface area contributed by atoms with Gasteiger partial charge in [-0.15, -0.1) is 0 Å². The highest BCUT2D eigenvalue weighted by Gasteiger charge is 2.37. The summed E-state index contributed by atoms with van der Waals surface area (Å²) in [5.74, 6) is -1.70. The molecule has 0 radical (unpaired) electrons. The molecule has 0 saturated carbocycles. The van der Waals surface area contributed by atoms with Crippen LogP contribution >= 0.6 is 0 Å². The van der Waals surface area contributed by atoms with Crippen LogP contribution in [0.3, 0.4) is 0 Å². The zero-order valence-corrected chi connectivity index (χ0v) is 25.1. The third-order valence-corrected chi connectivity index (χ3v) is 8.35. The summed E-state index contributed by atoms with van der Waals surface area (Å²) >= 11 is 0. The topological polar surface area (TPSA) is 104 Å². The quantitative estimate of drug-likeness (QED) is 0.205. The summed E-state index contributed by atoms with van der Waals surface area (Å²) in [4.78, 5) is 32.8. The maximum atomic E-state index is 14.9. The number of pyridine rings is 1. The number of piperidine rings is 1. The van der Waals surface area contributed by atoms with Crippen molar-refractivity contribution in [2.75, 3.05) is 30.3 Å². The lowest BCUT2D eigenvalue weighted by molar-refractivity contribution is -0.140. The predicted octanol–water partition coefficient (Wildman–Crippen LogP) is 6.01. The van der Waals surface area contributed by atoms with Crippen LogP contribution in [-0.2, 0) is 22.3 Å². The molecule has 1 fully saturated rings. The fourth-order valence-electron chi connectivity index (χ4n) is 6.02. The molecule has 0 aliphatic carbocycles. The Morgan fingerprint density at radius 1 is 1.02 bits per heavy atom. The molecule has 46 heavy (non-hydrogen) atoms.